The lowest BCUT2D eigenvalue weighted by Gasteiger charge is -2.19. The highest BCUT2D eigenvalue weighted by molar-refractivity contribution is 6.22. The number of aromatic nitrogens is 1. The van der Waals surface area contributed by atoms with Gasteiger partial charge in [0.15, 0.2) is 0 Å². The number of fused-ring (bicyclic) bond motifs is 7. The monoisotopic (exact) mass is 671 g/mol. The van der Waals surface area contributed by atoms with Gasteiger partial charge in [-0.25, -0.2) is 0 Å². The molecule has 0 atom stereocenters. The molecule has 0 unspecified atom stereocenters. The normalized spacial score (nSPS) is 11.8. The Morgan fingerprint density at radius 2 is 0.811 bits per heavy atom. The summed E-state index contributed by atoms with van der Waals surface area (Å²) in [7, 11) is 0. The lowest BCUT2D eigenvalue weighted by molar-refractivity contribution is 1.19. The molecule has 246 valence electrons. The lowest BCUT2D eigenvalue weighted by atomic mass is 9.84. The smallest absolute Gasteiger partial charge is 0.0541 e. The molecule has 1 heteroatoms. The summed E-state index contributed by atoms with van der Waals surface area (Å²) in [6, 6.07) is 73.6. The van der Waals surface area contributed by atoms with E-state index in [9.17, 15) is 0 Å². The van der Waals surface area contributed by atoms with E-state index in [-0.39, 0.29) is 0 Å². The summed E-state index contributed by atoms with van der Waals surface area (Å²) in [5, 5.41) is 12.6. The van der Waals surface area contributed by atoms with Gasteiger partial charge in [0.2, 0.25) is 0 Å². The van der Waals surface area contributed by atoms with Crippen molar-refractivity contribution in [1.29, 1.82) is 0 Å². The Labute approximate surface area is 307 Å². The van der Waals surface area contributed by atoms with Crippen molar-refractivity contribution < 1.29 is 0 Å². The number of hydrogen-bond donors (Lipinski definition) is 0. The fraction of sp³-hybridized carbons (Fsp3) is 0. The molecule has 0 bridgehead atoms. The van der Waals surface area contributed by atoms with E-state index in [2.05, 4.69) is 205 Å². The van der Waals surface area contributed by atoms with Crippen molar-refractivity contribution in [2.75, 3.05) is 0 Å². The average Bonchev–Trinajstić information content (AvgIpc) is 3.57. The molecule has 0 saturated heterocycles. The van der Waals surface area contributed by atoms with Crippen LogP contribution in [0.2, 0.25) is 0 Å². The molecule has 0 amide bonds. The van der Waals surface area contributed by atoms with Gasteiger partial charge in [-0.05, 0) is 113 Å². The van der Waals surface area contributed by atoms with Crippen molar-refractivity contribution in [2.24, 2.45) is 0 Å². The van der Waals surface area contributed by atoms with Gasteiger partial charge in [0, 0.05) is 16.5 Å². The zero-order valence-corrected chi connectivity index (χ0v) is 29.0. The van der Waals surface area contributed by atoms with Crippen LogP contribution in [-0.2, 0) is 0 Å². The molecule has 0 aliphatic rings. The number of para-hydroxylation sites is 2. The van der Waals surface area contributed by atoms with Gasteiger partial charge in [0.25, 0.3) is 0 Å². The van der Waals surface area contributed by atoms with Gasteiger partial charge in [-0.15, -0.1) is 0 Å². The van der Waals surface area contributed by atoms with E-state index in [1.165, 1.54) is 104 Å². The summed E-state index contributed by atoms with van der Waals surface area (Å²) < 4.78 is 2.40. The molecule has 0 radical (unpaired) electrons. The fourth-order valence-corrected chi connectivity index (χ4v) is 8.78. The van der Waals surface area contributed by atoms with E-state index < -0.39 is 0 Å². The molecule has 11 rings (SSSR count). The van der Waals surface area contributed by atoms with E-state index in [4.69, 9.17) is 0 Å². The van der Waals surface area contributed by atoms with Gasteiger partial charge in [0.05, 0.1) is 11.0 Å². The molecule has 0 spiro atoms. The molecule has 0 N–H and O–H groups in total. The Bertz CT molecular complexity index is 3160. The van der Waals surface area contributed by atoms with Crippen LogP contribution in [0, 0.1) is 0 Å². The summed E-state index contributed by atoms with van der Waals surface area (Å²) in [5.74, 6) is 0. The van der Waals surface area contributed by atoms with Gasteiger partial charge in [0.1, 0.15) is 0 Å². The summed E-state index contributed by atoms with van der Waals surface area (Å²) in [6.07, 6.45) is 0. The van der Waals surface area contributed by atoms with Gasteiger partial charge in [-0.1, -0.05) is 164 Å². The second-order valence-corrected chi connectivity index (χ2v) is 14.1. The highest BCUT2D eigenvalue weighted by atomic mass is 15.0. The Morgan fingerprint density at radius 3 is 1.57 bits per heavy atom. The van der Waals surface area contributed by atoms with Crippen molar-refractivity contribution in [1.82, 2.24) is 4.57 Å². The fourth-order valence-electron chi connectivity index (χ4n) is 8.78. The second-order valence-electron chi connectivity index (χ2n) is 14.1. The van der Waals surface area contributed by atoms with Gasteiger partial charge >= 0.3 is 0 Å². The topological polar surface area (TPSA) is 4.93 Å². The molecule has 0 fully saturated rings. The summed E-state index contributed by atoms with van der Waals surface area (Å²) in [4.78, 5) is 0. The van der Waals surface area contributed by atoms with Crippen molar-refractivity contribution in [3.05, 3.63) is 200 Å². The maximum absolute atomic E-state index is 2.43. The molecule has 10 aromatic carbocycles. The molecule has 1 nitrogen and oxygen atoms in total. The largest absolute Gasteiger partial charge is 0.309 e. The maximum atomic E-state index is 2.43. The highest BCUT2D eigenvalue weighted by Crippen LogP contribution is 2.46. The van der Waals surface area contributed by atoms with Crippen LogP contribution in [0.5, 0.6) is 0 Å². The predicted molar refractivity (Wildman–Crippen MR) is 227 cm³/mol. The molecule has 1 aromatic heterocycles. The third-order valence-electron chi connectivity index (χ3n) is 11.1. The van der Waals surface area contributed by atoms with E-state index in [0.29, 0.717) is 0 Å². The first-order chi connectivity index (χ1) is 26.3. The first kappa shape index (κ1) is 29.7. The van der Waals surface area contributed by atoms with Crippen LogP contribution >= 0.6 is 0 Å². The zero-order valence-electron chi connectivity index (χ0n) is 29.0. The zero-order chi connectivity index (χ0) is 34.9. The second kappa shape index (κ2) is 11.8. The molecule has 53 heavy (non-hydrogen) atoms. The molecule has 11 aromatic rings. The van der Waals surface area contributed by atoms with Gasteiger partial charge in [-0.3, -0.25) is 0 Å². The number of hydrogen-bond acceptors (Lipinski definition) is 0. The first-order valence-corrected chi connectivity index (χ1v) is 18.3. The first-order valence-electron chi connectivity index (χ1n) is 18.3. The number of nitrogens with zero attached hydrogens (tertiary/aromatic N) is 1. The summed E-state index contributed by atoms with van der Waals surface area (Å²) in [5.41, 5.74) is 11.1. The minimum atomic E-state index is 1.17. The third kappa shape index (κ3) is 4.64. The predicted octanol–water partition coefficient (Wildman–Crippen LogP) is 14.4. The third-order valence-corrected chi connectivity index (χ3v) is 11.1. The van der Waals surface area contributed by atoms with E-state index in [0.717, 1.165) is 0 Å². The van der Waals surface area contributed by atoms with Gasteiger partial charge in [-0.2, -0.15) is 0 Å². The molecular weight excluding hydrogens is 639 g/mol. The minimum Gasteiger partial charge on any atom is -0.309 e. The summed E-state index contributed by atoms with van der Waals surface area (Å²) in [6.45, 7) is 0. The van der Waals surface area contributed by atoms with Crippen LogP contribution < -0.4 is 0 Å². The number of rotatable bonds is 4. The Hall–Kier alpha value is -6.96. The van der Waals surface area contributed by atoms with E-state index in [1.54, 1.807) is 0 Å². The Balaban J connectivity index is 1.15. The van der Waals surface area contributed by atoms with Crippen molar-refractivity contribution in [2.45, 2.75) is 0 Å². The standard InChI is InChI=1S/C52H33N/c1-2-14-35(15-3-1)51-45-20-6-7-21-46(45)52(47-30-28-38(33-48(47)51)42-22-12-16-34-13-4-5-17-41(34)42)39-26-25-37-32-40(29-27-36(37)31-39)53-49-23-10-8-18-43(49)44-19-9-11-24-50(44)53/h1-33H. The highest BCUT2D eigenvalue weighted by Gasteiger charge is 2.19. The summed E-state index contributed by atoms with van der Waals surface area (Å²) >= 11 is 0. The van der Waals surface area contributed by atoms with Crippen LogP contribution in [0.3, 0.4) is 0 Å². The SMILES string of the molecule is c1ccc(-c2c3ccccc3c(-c3ccc4cc(-n5c6ccccc6c6ccccc65)ccc4c3)c3ccc(-c4cccc5ccccc45)cc23)cc1. The van der Waals surface area contributed by atoms with Crippen LogP contribution in [0.25, 0.3) is 104 Å². The number of benzene rings is 10. The average molecular weight is 672 g/mol. The van der Waals surface area contributed by atoms with Crippen molar-refractivity contribution in [3.8, 4) is 39.1 Å². The van der Waals surface area contributed by atoms with E-state index in [1.807, 2.05) is 0 Å². The minimum absolute atomic E-state index is 1.17. The van der Waals surface area contributed by atoms with Crippen molar-refractivity contribution >= 4 is 64.9 Å². The van der Waals surface area contributed by atoms with Crippen LogP contribution in [-0.4, -0.2) is 4.57 Å². The Morgan fingerprint density at radius 1 is 0.264 bits per heavy atom. The van der Waals surface area contributed by atoms with Gasteiger partial charge < -0.3 is 4.57 Å². The maximum Gasteiger partial charge on any atom is 0.0541 e. The molecule has 0 aliphatic carbocycles. The lowest BCUT2D eigenvalue weighted by Crippen LogP contribution is -1.94. The van der Waals surface area contributed by atoms with E-state index >= 15 is 0 Å². The molecular formula is C52H33N. The van der Waals surface area contributed by atoms with Crippen molar-refractivity contribution in [3.63, 3.8) is 0 Å². The van der Waals surface area contributed by atoms with Crippen LogP contribution in [0.1, 0.15) is 0 Å². The quantitative estimate of drug-likeness (QED) is 0.164. The van der Waals surface area contributed by atoms with Crippen LogP contribution in [0.15, 0.2) is 200 Å². The molecule has 0 aliphatic heterocycles. The van der Waals surface area contributed by atoms with Crippen LogP contribution in [0.4, 0.5) is 0 Å². The molecule has 0 saturated carbocycles. The molecule has 1 heterocycles. The Kier molecular flexibility index (Phi) is 6.62.